The second kappa shape index (κ2) is 21.4. The predicted molar refractivity (Wildman–Crippen MR) is 105 cm³/mol. The SMILES string of the molecule is C=C(C)C(=O)O.C=C(C)C(=O)O.CCC(O)CCCCCCCCCO. The van der Waals surface area contributed by atoms with Gasteiger partial charge in [0.15, 0.2) is 0 Å². The van der Waals surface area contributed by atoms with Gasteiger partial charge in [0.05, 0.1) is 6.10 Å². The fraction of sp³-hybridized carbons (Fsp3) is 0.700. The molecule has 0 aliphatic heterocycles. The monoisotopic (exact) mass is 374 g/mol. The van der Waals surface area contributed by atoms with Crippen LogP contribution < -0.4 is 0 Å². The summed E-state index contributed by atoms with van der Waals surface area (Å²) < 4.78 is 0. The largest absolute Gasteiger partial charge is 0.478 e. The second-order valence-corrected chi connectivity index (χ2v) is 6.22. The lowest BCUT2D eigenvalue weighted by molar-refractivity contribution is -0.133. The van der Waals surface area contributed by atoms with E-state index in [9.17, 15) is 14.7 Å². The van der Waals surface area contributed by atoms with Crippen LogP contribution in [0.2, 0.25) is 0 Å². The molecule has 154 valence electrons. The van der Waals surface area contributed by atoms with Crippen molar-refractivity contribution in [2.24, 2.45) is 0 Å². The molecule has 26 heavy (non-hydrogen) atoms. The van der Waals surface area contributed by atoms with Crippen molar-refractivity contribution in [1.29, 1.82) is 0 Å². The number of carboxylic acid groups (broad SMARTS) is 2. The molecule has 0 fully saturated rings. The van der Waals surface area contributed by atoms with E-state index in [0.29, 0.717) is 6.61 Å². The maximum Gasteiger partial charge on any atom is 0.330 e. The Kier molecular flexibility index (Phi) is 23.9. The Morgan fingerprint density at radius 1 is 0.808 bits per heavy atom. The summed E-state index contributed by atoms with van der Waals surface area (Å²) in [4.78, 5) is 19.2. The molecule has 0 amide bonds. The number of hydrogen-bond acceptors (Lipinski definition) is 4. The van der Waals surface area contributed by atoms with Gasteiger partial charge in [-0.2, -0.15) is 0 Å². The molecule has 0 radical (unpaired) electrons. The van der Waals surface area contributed by atoms with E-state index in [-0.39, 0.29) is 17.3 Å². The first-order chi connectivity index (χ1) is 12.1. The predicted octanol–water partition coefficient (Wildman–Crippen LogP) is 4.16. The normalized spacial score (nSPS) is 10.5. The fourth-order valence-electron chi connectivity index (χ4n) is 1.58. The number of carboxylic acids is 2. The Bertz CT molecular complexity index is 342. The van der Waals surface area contributed by atoms with E-state index in [2.05, 4.69) is 13.2 Å². The van der Waals surface area contributed by atoms with E-state index in [1.54, 1.807) is 0 Å². The third-order valence-electron chi connectivity index (χ3n) is 3.40. The Labute approximate surface area is 158 Å². The summed E-state index contributed by atoms with van der Waals surface area (Å²) in [5.41, 5.74) is 0.352. The zero-order chi connectivity index (χ0) is 21.0. The van der Waals surface area contributed by atoms with Crippen molar-refractivity contribution < 1.29 is 30.0 Å². The lowest BCUT2D eigenvalue weighted by Crippen LogP contribution is -2.03. The quantitative estimate of drug-likeness (QED) is 0.301. The minimum Gasteiger partial charge on any atom is -0.478 e. The Hall–Kier alpha value is -1.66. The van der Waals surface area contributed by atoms with Crippen LogP contribution in [0.15, 0.2) is 24.3 Å². The highest BCUT2D eigenvalue weighted by molar-refractivity contribution is 5.85. The average molecular weight is 375 g/mol. The molecule has 0 aliphatic carbocycles. The third-order valence-corrected chi connectivity index (χ3v) is 3.40. The Morgan fingerprint density at radius 2 is 1.12 bits per heavy atom. The van der Waals surface area contributed by atoms with E-state index < -0.39 is 11.9 Å². The minimum atomic E-state index is -0.935. The smallest absolute Gasteiger partial charge is 0.330 e. The molecular weight excluding hydrogens is 336 g/mol. The summed E-state index contributed by atoms with van der Waals surface area (Å²) in [5.74, 6) is -1.87. The first-order valence-corrected chi connectivity index (χ1v) is 9.16. The van der Waals surface area contributed by atoms with Crippen molar-refractivity contribution >= 4 is 11.9 Å². The van der Waals surface area contributed by atoms with Crippen LogP contribution >= 0.6 is 0 Å². The second-order valence-electron chi connectivity index (χ2n) is 6.22. The van der Waals surface area contributed by atoms with Gasteiger partial charge in [-0.1, -0.05) is 58.6 Å². The van der Waals surface area contributed by atoms with Gasteiger partial charge in [0.2, 0.25) is 0 Å². The van der Waals surface area contributed by atoms with Gasteiger partial charge in [-0.25, -0.2) is 9.59 Å². The van der Waals surface area contributed by atoms with Gasteiger partial charge in [0, 0.05) is 17.8 Å². The number of unbranched alkanes of at least 4 members (excludes halogenated alkanes) is 6. The van der Waals surface area contributed by atoms with Crippen LogP contribution in [-0.2, 0) is 9.59 Å². The molecule has 0 aliphatic rings. The lowest BCUT2D eigenvalue weighted by Gasteiger charge is -2.06. The third kappa shape index (κ3) is 30.2. The first-order valence-electron chi connectivity index (χ1n) is 9.16. The van der Waals surface area contributed by atoms with Crippen molar-refractivity contribution in [3.63, 3.8) is 0 Å². The molecule has 0 saturated heterocycles. The van der Waals surface area contributed by atoms with Crippen molar-refractivity contribution in [3.8, 4) is 0 Å². The summed E-state index contributed by atoms with van der Waals surface area (Å²) >= 11 is 0. The molecule has 1 atom stereocenters. The highest BCUT2D eigenvalue weighted by atomic mass is 16.4. The Morgan fingerprint density at radius 3 is 1.38 bits per heavy atom. The van der Waals surface area contributed by atoms with Gasteiger partial charge in [-0.3, -0.25) is 0 Å². The van der Waals surface area contributed by atoms with E-state index >= 15 is 0 Å². The summed E-state index contributed by atoms with van der Waals surface area (Å²) in [7, 11) is 0. The molecule has 6 nitrogen and oxygen atoms in total. The fourth-order valence-corrected chi connectivity index (χ4v) is 1.58. The van der Waals surface area contributed by atoms with Gasteiger partial charge < -0.3 is 20.4 Å². The van der Waals surface area contributed by atoms with Crippen LogP contribution in [0.25, 0.3) is 0 Å². The van der Waals surface area contributed by atoms with Crippen LogP contribution in [-0.4, -0.2) is 45.1 Å². The molecule has 4 N–H and O–H groups in total. The van der Waals surface area contributed by atoms with E-state index in [1.807, 2.05) is 6.92 Å². The van der Waals surface area contributed by atoms with Gasteiger partial charge in [-0.05, 0) is 33.1 Å². The molecule has 1 unspecified atom stereocenters. The molecule has 0 aromatic carbocycles. The van der Waals surface area contributed by atoms with E-state index in [4.69, 9.17) is 15.3 Å². The van der Waals surface area contributed by atoms with E-state index in [0.717, 1.165) is 32.1 Å². The summed E-state index contributed by atoms with van der Waals surface area (Å²) in [6.45, 7) is 11.6. The van der Waals surface area contributed by atoms with Crippen molar-refractivity contribution in [1.82, 2.24) is 0 Å². The number of rotatable bonds is 12. The van der Waals surface area contributed by atoms with Crippen LogP contribution in [0, 0.1) is 0 Å². The molecular formula is C20H38O6. The van der Waals surface area contributed by atoms with Crippen LogP contribution in [0.3, 0.4) is 0 Å². The number of aliphatic hydroxyl groups excluding tert-OH is 2. The van der Waals surface area contributed by atoms with Crippen LogP contribution in [0.1, 0.15) is 78.6 Å². The van der Waals surface area contributed by atoms with Gasteiger partial charge in [0.1, 0.15) is 0 Å². The van der Waals surface area contributed by atoms with Gasteiger partial charge in [0.25, 0.3) is 0 Å². The molecule has 0 rings (SSSR count). The molecule has 0 spiro atoms. The summed E-state index contributed by atoms with van der Waals surface area (Å²) in [5, 5.41) is 33.7. The number of aliphatic carboxylic acids is 2. The molecule has 6 heteroatoms. The Balaban J connectivity index is -0.000000364. The minimum absolute atomic E-state index is 0.0793. The van der Waals surface area contributed by atoms with Crippen molar-refractivity contribution in [2.75, 3.05) is 6.61 Å². The molecule has 0 bridgehead atoms. The van der Waals surface area contributed by atoms with Crippen molar-refractivity contribution in [2.45, 2.75) is 84.7 Å². The standard InChI is InChI=1S/C12H26O2.2C4H6O2/c1-2-12(14)10-8-6-4-3-5-7-9-11-13;2*1-3(2)4(5)6/h12-14H,2-11H2,1H3;2*1H2,2H3,(H,5,6). The first kappa shape index (κ1) is 29.1. The van der Waals surface area contributed by atoms with E-state index in [1.165, 1.54) is 39.5 Å². The molecule has 0 saturated carbocycles. The number of aliphatic hydroxyl groups is 2. The zero-order valence-electron chi connectivity index (χ0n) is 16.7. The zero-order valence-corrected chi connectivity index (χ0v) is 16.7. The average Bonchev–Trinajstić information content (AvgIpc) is 2.57. The van der Waals surface area contributed by atoms with Crippen molar-refractivity contribution in [3.05, 3.63) is 24.3 Å². The van der Waals surface area contributed by atoms with Crippen LogP contribution in [0.5, 0.6) is 0 Å². The summed E-state index contributed by atoms with van der Waals surface area (Å²) in [6.07, 6.45) is 10.1. The highest BCUT2D eigenvalue weighted by Gasteiger charge is 1.99. The topological polar surface area (TPSA) is 115 Å². The molecule has 0 aromatic rings. The maximum atomic E-state index is 9.60. The molecule has 0 heterocycles. The number of carbonyl (C=O) groups is 2. The van der Waals surface area contributed by atoms with Gasteiger partial charge in [-0.15, -0.1) is 0 Å². The summed E-state index contributed by atoms with van der Waals surface area (Å²) in [6, 6.07) is 0. The van der Waals surface area contributed by atoms with Gasteiger partial charge >= 0.3 is 11.9 Å². The highest BCUT2D eigenvalue weighted by Crippen LogP contribution is 2.10. The maximum absolute atomic E-state index is 9.60. The number of hydrogen-bond donors (Lipinski definition) is 4. The molecule has 0 aromatic heterocycles. The van der Waals surface area contributed by atoms with Crippen LogP contribution in [0.4, 0.5) is 0 Å². The lowest BCUT2D eigenvalue weighted by atomic mass is 10.1.